The lowest BCUT2D eigenvalue weighted by atomic mass is 9.87. The highest BCUT2D eigenvalue weighted by Crippen LogP contribution is 2.23. The van der Waals surface area contributed by atoms with E-state index in [1.54, 1.807) is 18.7 Å². The summed E-state index contributed by atoms with van der Waals surface area (Å²) in [6.45, 7) is 10.0. The van der Waals surface area contributed by atoms with Crippen LogP contribution in [0.1, 0.15) is 59.4 Å². The number of carbonyl (C=O) groups is 2. The minimum atomic E-state index is -0.791. The molecule has 5 heteroatoms. The summed E-state index contributed by atoms with van der Waals surface area (Å²) in [6, 6.07) is 9.78. The van der Waals surface area contributed by atoms with E-state index in [1.807, 2.05) is 51.1 Å². The quantitative estimate of drug-likeness (QED) is 0.691. The monoisotopic (exact) mass is 349 g/mol. The Hall–Kier alpha value is -2.04. The fraction of sp³-hybridized carbons (Fsp3) is 0.600. The number of amides is 1. The van der Waals surface area contributed by atoms with Gasteiger partial charge < -0.3 is 14.7 Å². The van der Waals surface area contributed by atoms with Crippen molar-refractivity contribution in [3.05, 3.63) is 35.9 Å². The minimum Gasteiger partial charge on any atom is -0.481 e. The normalized spacial score (nSPS) is 11.9. The van der Waals surface area contributed by atoms with E-state index in [9.17, 15) is 14.7 Å². The third kappa shape index (κ3) is 8.05. The molecule has 0 aliphatic heterocycles. The largest absolute Gasteiger partial charge is 0.481 e. The van der Waals surface area contributed by atoms with E-state index >= 15 is 0 Å². The Morgan fingerprint density at radius 3 is 2.16 bits per heavy atom. The maximum absolute atomic E-state index is 12.5. The molecule has 0 bridgehead atoms. The van der Waals surface area contributed by atoms with E-state index in [4.69, 9.17) is 4.74 Å². The van der Waals surface area contributed by atoms with Crippen molar-refractivity contribution in [3.63, 3.8) is 0 Å². The van der Waals surface area contributed by atoms with E-state index in [0.29, 0.717) is 19.5 Å². The summed E-state index contributed by atoms with van der Waals surface area (Å²) in [5.41, 5.74) is -0.243. The molecule has 0 radical (unpaired) electrons. The first kappa shape index (κ1) is 21.0. The van der Waals surface area contributed by atoms with Crippen molar-refractivity contribution in [1.82, 2.24) is 4.90 Å². The van der Waals surface area contributed by atoms with E-state index in [2.05, 4.69) is 0 Å². The van der Waals surface area contributed by atoms with Gasteiger partial charge in [0.1, 0.15) is 5.60 Å². The number of carboxylic acids is 1. The van der Waals surface area contributed by atoms with Crippen LogP contribution in [0.2, 0.25) is 0 Å². The molecule has 0 saturated heterocycles. The molecule has 0 aliphatic carbocycles. The van der Waals surface area contributed by atoms with Gasteiger partial charge in [-0.15, -0.1) is 0 Å². The van der Waals surface area contributed by atoms with Crippen LogP contribution in [-0.4, -0.2) is 34.2 Å². The fourth-order valence-corrected chi connectivity index (χ4v) is 2.34. The molecule has 0 atom stereocenters. The molecule has 0 aromatic heterocycles. The predicted molar refractivity (Wildman–Crippen MR) is 98.4 cm³/mol. The van der Waals surface area contributed by atoms with E-state index in [1.165, 1.54) is 0 Å². The van der Waals surface area contributed by atoms with Gasteiger partial charge >= 0.3 is 12.1 Å². The summed E-state index contributed by atoms with van der Waals surface area (Å²) >= 11 is 0. The minimum absolute atomic E-state index is 0.339. The molecule has 1 amide bonds. The van der Waals surface area contributed by atoms with Gasteiger partial charge in [0.15, 0.2) is 0 Å². The molecule has 1 rings (SSSR count). The molecule has 1 aromatic carbocycles. The van der Waals surface area contributed by atoms with Crippen LogP contribution < -0.4 is 0 Å². The van der Waals surface area contributed by atoms with E-state index in [0.717, 1.165) is 18.4 Å². The third-order valence-electron chi connectivity index (χ3n) is 3.93. The Kier molecular flexibility index (Phi) is 7.46. The Bertz CT molecular complexity index is 561. The second-order valence-electron chi connectivity index (χ2n) is 8.03. The van der Waals surface area contributed by atoms with Crippen LogP contribution in [0.5, 0.6) is 0 Å². The van der Waals surface area contributed by atoms with Gasteiger partial charge in [0.25, 0.3) is 0 Å². The standard InChI is InChI=1S/C20H31NO4/c1-19(2,3)25-18(24)21(15-16-11-7-6-8-12-16)14-10-9-13-20(4,5)17(22)23/h6-8,11-12H,9-10,13-15H2,1-5H3,(H,22,23). The molecule has 1 N–H and O–H groups in total. The number of carboxylic acid groups (broad SMARTS) is 1. The zero-order chi connectivity index (χ0) is 19.1. The number of nitrogens with zero attached hydrogens (tertiary/aromatic N) is 1. The smallest absolute Gasteiger partial charge is 0.410 e. The van der Waals surface area contributed by atoms with Crippen molar-refractivity contribution in [2.24, 2.45) is 5.41 Å². The molecule has 1 aromatic rings. The average molecular weight is 349 g/mol. The van der Waals surface area contributed by atoms with Crippen molar-refractivity contribution in [2.75, 3.05) is 6.54 Å². The Balaban J connectivity index is 2.65. The van der Waals surface area contributed by atoms with Crippen molar-refractivity contribution in [1.29, 1.82) is 0 Å². The molecule has 140 valence electrons. The zero-order valence-electron chi connectivity index (χ0n) is 16.0. The highest BCUT2D eigenvalue weighted by Gasteiger charge is 2.27. The van der Waals surface area contributed by atoms with Crippen LogP contribution in [-0.2, 0) is 16.1 Å². The van der Waals surface area contributed by atoms with Crippen LogP contribution in [0.25, 0.3) is 0 Å². The van der Waals surface area contributed by atoms with Gasteiger partial charge in [0.2, 0.25) is 0 Å². The molecular formula is C20H31NO4. The third-order valence-corrected chi connectivity index (χ3v) is 3.93. The first-order chi connectivity index (χ1) is 11.5. The molecule has 0 saturated carbocycles. The molecule has 0 fully saturated rings. The van der Waals surface area contributed by atoms with Gasteiger partial charge in [-0.2, -0.15) is 0 Å². The molecule has 25 heavy (non-hydrogen) atoms. The molecule has 0 heterocycles. The second kappa shape index (κ2) is 8.88. The maximum atomic E-state index is 12.5. The Morgan fingerprint density at radius 2 is 1.64 bits per heavy atom. The first-order valence-electron chi connectivity index (χ1n) is 8.76. The first-order valence-corrected chi connectivity index (χ1v) is 8.76. The number of benzene rings is 1. The molecule has 0 spiro atoms. The number of carbonyl (C=O) groups excluding carboxylic acids is 1. The van der Waals surface area contributed by atoms with Crippen molar-refractivity contribution >= 4 is 12.1 Å². The highest BCUT2D eigenvalue weighted by molar-refractivity contribution is 5.73. The van der Waals surface area contributed by atoms with Crippen molar-refractivity contribution in [3.8, 4) is 0 Å². The van der Waals surface area contributed by atoms with Crippen LogP contribution in [0.3, 0.4) is 0 Å². The van der Waals surface area contributed by atoms with Crippen molar-refractivity contribution < 1.29 is 19.4 Å². The van der Waals surface area contributed by atoms with Crippen LogP contribution >= 0.6 is 0 Å². The Labute approximate surface area is 151 Å². The fourth-order valence-electron chi connectivity index (χ4n) is 2.34. The summed E-state index contributed by atoms with van der Waals surface area (Å²) in [7, 11) is 0. The molecule has 0 unspecified atom stereocenters. The van der Waals surface area contributed by atoms with Gasteiger partial charge in [-0.3, -0.25) is 4.79 Å². The SMILES string of the molecule is CC(C)(C)OC(=O)N(CCCCC(C)(C)C(=O)O)Cc1ccccc1. The van der Waals surface area contributed by atoms with Gasteiger partial charge in [-0.25, -0.2) is 4.79 Å². The lowest BCUT2D eigenvalue weighted by Gasteiger charge is -2.28. The molecule has 5 nitrogen and oxygen atoms in total. The zero-order valence-corrected chi connectivity index (χ0v) is 16.0. The van der Waals surface area contributed by atoms with E-state index < -0.39 is 17.0 Å². The van der Waals surface area contributed by atoms with Crippen molar-refractivity contribution in [2.45, 2.75) is 66.0 Å². The number of rotatable bonds is 8. The number of aliphatic carboxylic acids is 1. The van der Waals surface area contributed by atoms with Crippen LogP contribution in [0.4, 0.5) is 4.79 Å². The summed E-state index contributed by atoms with van der Waals surface area (Å²) < 4.78 is 5.50. The van der Waals surface area contributed by atoms with Gasteiger partial charge in [0, 0.05) is 13.1 Å². The van der Waals surface area contributed by atoms with Gasteiger partial charge in [-0.1, -0.05) is 36.8 Å². The topological polar surface area (TPSA) is 66.8 Å². The lowest BCUT2D eigenvalue weighted by molar-refractivity contribution is -0.147. The number of ether oxygens (including phenoxy) is 1. The summed E-state index contributed by atoms with van der Waals surface area (Å²) in [4.78, 5) is 25.3. The number of hydrogen-bond donors (Lipinski definition) is 1. The maximum Gasteiger partial charge on any atom is 0.410 e. The summed E-state index contributed by atoms with van der Waals surface area (Å²) in [5.74, 6) is -0.791. The number of unbranched alkanes of at least 4 members (excludes halogenated alkanes) is 1. The van der Waals surface area contributed by atoms with Crippen LogP contribution in [0, 0.1) is 5.41 Å². The second-order valence-corrected chi connectivity index (χ2v) is 8.03. The highest BCUT2D eigenvalue weighted by atomic mass is 16.6. The lowest BCUT2D eigenvalue weighted by Crippen LogP contribution is -2.37. The Morgan fingerprint density at radius 1 is 1.04 bits per heavy atom. The molecular weight excluding hydrogens is 318 g/mol. The summed E-state index contributed by atoms with van der Waals surface area (Å²) in [6.07, 6.45) is 1.72. The average Bonchev–Trinajstić information content (AvgIpc) is 2.49. The van der Waals surface area contributed by atoms with Gasteiger partial charge in [-0.05, 0) is 53.0 Å². The predicted octanol–water partition coefficient (Wildman–Crippen LogP) is 4.70. The van der Waals surface area contributed by atoms with Crippen LogP contribution in [0.15, 0.2) is 30.3 Å². The van der Waals surface area contributed by atoms with E-state index in [-0.39, 0.29) is 6.09 Å². The summed E-state index contributed by atoms with van der Waals surface area (Å²) in [5, 5.41) is 9.18. The number of hydrogen-bond acceptors (Lipinski definition) is 3. The molecule has 0 aliphatic rings. The van der Waals surface area contributed by atoms with Gasteiger partial charge in [0.05, 0.1) is 5.41 Å².